The molecule has 1 aromatic carbocycles. The number of anilines is 1. The molecule has 2 aromatic rings. The molecular formula is C16H19FN4O2S. The number of piperidine rings is 1. The van der Waals surface area contributed by atoms with Crippen LogP contribution in [0.3, 0.4) is 0 Å². The molecule has 6 nitrogen and oxygen atoms in total. The Morgan fingerprint density at radius 3 is 2.83 bits per heavy atom. The number of hydrogen-bond acceptors (Lipinski definition) is 6. The van der Waals surface area contributed by atoms with E-state index in [9.17, 15) is 9.18 Å². The number of aromatic nitrogens is 2. The number of halogens is 1. The van der Waals surface area contributed by atoms with Crippen LogP contribution in [-0.2, 0) is 16.0 Å². The molecule has 0 aliphatic carbocycles. The van der Waals surface area contributed by atoms with E-state index in [2.05, 4.69) is 20.8 Å². The highest BCUT2D eigenvalue weighted by atomic mass is 32.1. The van der Waals surface area contributed by atoms with Crippen molar-refractivity contribution in [1.82, 2.24) is 15.5 Å². The second-order valence-electron chi connectivity index (χ2n) is 5.67. The predicted octanol–water partition coefficient (Wildman–Crippen LogP) is 1.98. The zero-order chi connectivity index (χ0) is 17.0. The molecule has 24 heavy (non-hydrogen) atoms. The first-order valence-corrected chi connectivity index (χ1v) is 8.58. The van der Waals surface area contributed by atoms with Crippen molar-refractivity contribution in [3.63, 3.8) is 0 Å². The Morgan fingerprint density at radius 1 is 1.38 bits per heavy atom. The van der Waals surface area contributed by atoms with Gasteiger partial charge >= 0.3 is 0 Å². The van der Waals surface area contributed by atoms with E-state index in [1.165, 1.54) is 17.4 Å². The van der Waals surface area contributed by atoms with E-state index in [-0.39, 0.29) is 11.7 Å². The molecule has 1 amide bonds. The number of nitrogens with zero attached hydrogens (tertiary/aromatic N) is 2. The zero-order valence-corrected chi connectivity index (χ0v) is 14.2. The molecule has 1 aliphatic heterocycles. The van der Waals surface area contributed by atoms with E-state index >= 15 is 0 Å². The fourth-order valence-corrected chi connectivity index (χ4v) is 3.50. The van der Waals surface area contributed by atoms with Crippen molar-refractivity contribution in [2.24, 2.45) is 0 Å². The molecule has 0 unspecified atom stereocenters. The molecule has 0 atom stereocenters. The number of benzene rings is 1. The fourth-order valence-electron chi connectivity index (χ4n) is 2.75. The molecule has 2 N–H and O–H groups in total. The molecule has 8 heteroatoms. The van der Waals surface area contributed by atoms with Crippen LogP contribution in [0.2, 0.25) is 0 Å². The standard InChI is InChI=1S/C16H19FN4O2S/c1-23-16(6-8-18-9-7-16)14(22)19-15-21-20-13(24-15)10-11-4-2-3-5-12(11)17/h2-5,18H,6-10H2,1H3,(H,19,21,22). The van der Waals surface area contributed by atoms with Gasteiger partial charge in [0.1, 0.15) is 16.4 Å². The summed E-state index contributed by atoms with van der Waals surface area (Å²) in [6.07, 6.45) is 1.56. The van der Waals surface area contributed by atoms with Crippen LogP contribution >= 0.6 is 11.3 Å². The molecule has 0 saturated carbocycles. The average molecular weight is 350 g/mol. The van der Waals surface area contributed by atoms with E-state index in [1.807, 2.05) is 0 Å². The van der Waals surface area contributed by atoms with Crippen LogP contribution in [0, 0.1) is 5.82 Å². The average Bonchev–Trinajstić information content (AvgIpc) is 3.04. The predicted molar refractivity (Wildman–Crippen MR) is 89.6 cm³/mol. The second kappa shape index (κ2) is 7.33. The molecule has 2 heterocycles. The Morgan fingerprint density at radius 2 is 2.12 bits per heavy atom. The van der Waals surface area contributed by atoms with Crippen molar-refractivity contribution in [3.8, 4) is 0 Å². The van der Waals surface area contributed by atoms with Gasteiger partial charge < -0.3 is 10.1 Å². The van der Waals surface area contributed by atoms with Gasteiger partial charge in [0.15, 0.2) is 0 Å². The van der Waals surface area contributed by atoms with Gasteiger partial charge in [-0.05, 0) is 37.6 Å². The van der Waals surface area contributed by atoms with Gasteiger partial charge in [-0.25, -0.2) is 4.39 Å². The first-order chi connectivity index (χ1) is 11.6. The van der Waals surface area contributed by atoms with Crippen LogP contribution in [-0.4, -0.2) is 41.9 Å². The van der Waals surface area contributed by atoms with Crippen molar-refractivity contribution in [1.29, 1.82) is 0 Å². The highest BCUT2D eigenvalue weighted by Gasteiger charge is 2.40. The molecule has 3 rings (SSSR count). The van der Waals surface area contributed by atoms with Gasteiger partial charge in [-0.15, -0.1) is 10.2 Å². The maximum Gasteiger partial charge on any atom is 0.258 e. The van der Waals surface area contributed by atoms with Gasteiger partial charge in [-0.1, -0.05) is 29.5 Å². The van der Waals surface area contributed by atoms with Gasteiger partial charge in [-0.2, -0.15) is 0 Å². The summed E-state index contributed by atoms with van der Waals surface area (Å²) in [7, 11) is 1.55. The lowest BCUT2D eigenvalue weighted by Gasteiger charge is -2.34. The lowest BCUT2D eigenvalue weighted by atomic mass is 9.91. The van der Waals surface area contributed by atoms with Crippen molar-refractivity contribution < 1.29 is 13.9 Å². The second-order valence-corrected chi connectivity index (χ2v) is 6.73. The third-order valence-corrected chi connectivity index (χ3v) is 5.04. The maximum atomic E-state index is 13.7. The van der Waals surface area contributed by atoms with Crippen LogP contribution in [0.15, 0.2) is 24.3 Å². The molecule has 0 radical (unpaired) electrons. The summed E-state index contributed by atoms with van der Waals surface area (Å²) in [6.45, 7) is 1.46. The van der Waals surface area contributed by atoms with Gasteiger partial charge in [-0.3, -0.25) is 10.1 Å². The molecule has 1 aliphatic rings. The highest BCUT2D eigenvalue weighted by Crippen LogP contribution is 2.26. The van der Waals surface area contributed by atoms with Crippen LogP contribution in [0.5, 0.6) is 0 Å². The summed E-state index contributed by atoms with van der Waals surface area (Å²) in [4.78, 5) is 12.6. The Kier molecular flexibility index (Phi) is 5.17. The van der Waals surface area contributed by atoms with E-state index in [0.717, 1.165) is 13.1 Å². The summed E-state index contributed by atoms with van der Waals surface area (Å²) in [6, 6.07) is 6.55. The maximum absolute atomic E-state index is 13.7. The molecular weight excluding hydrogens is 331 g/mol. The van der Waals surface area contributed by atoms with Gasteiger partial charge in [0, 0.05) is 13.5 Å². The van der Waals surface area contributed by atoms with E-state index in [1.54, 1.807) is 25.3 Å². The van der Waals surface area contributed by atoms with Crippen molar-refractivity contribution in [2.45, 2.75) is 24.9 Å². The number of methoxy groups -OCH3 is 1. The van der Waals surface area contributed by atoms with Gasteiger partial charge in [0.25, 0.3) is 5.91 Å². The Hall–Kier alpha value is -1.90. The molecule has 1 fully saturated rings. The third-order valence-electron chi connectivity index (χ3n) is 4.20. The number of carbonyl (C=O) groups is 1. The topological polar surface area (TPSA) is 76.1 Å². The number of rotatable bonds is 5. The Bertz CT molecular complexity index is 716. The monoisotopic (exact) mass is 350 g/mol. The Labute approximate surface area is 143 Å². The molecule has 0 spiro atoms. The van der Waals surface area contributed by atoms with Crippen LogP contribution in [0.1, 0.15) is 23.4 Å². The van der Waals surface area contributed by atoms with E-state index < -0.39 is 5.60 Å². The Balaban J connectivity index is 1.67. The minimum absolute atomic E-state index is 0.208. The van der Waals surface area contributed by atoms with Crippen LogP contribution < -0.4 is 10.6 Å². The molecule has 0 bridgehead atoms. The minimum atomic E-state index is -0.831. The van der Waals surface area contributed by atoms with Crippen LogP contribution in [0.4, 0.5) is 9.52 Å². The van der Waals surface area contributed by atoms with Crippen molar-refractivity contribution in [3.05, 3.63) is 40.7 Å². The molecule has 1 saturated heterocycles. The van der Waals surface area contributed by atoms with E-state index in [0.29, 0.717) is 35.0 Å². The smallest absolute Gasteiger partial charge is 0.258 e. The lowest BCUT2D eigenvalue weighted by Crippen LogP contribution is -2.51. The normalized spacial score (nSPS) is 16.8. The summed E-state index contributed by atoms with van der Waals surface area (Å²) in [5.74, 6) is -0.480. The SMILES string of the molecule is COC1(C(=O)Nc2nnc(Cc3ccccc3F)s2)CCNCC1. The quantitative estimate of drug-likeness (QED) is 0.862. The minimum Gasteiger partial charge on any atom is -0.368 e. The fraction of sp³-hybridized carbons (Fsp3) is 0.438. The first-order valence-electron chi connectivity index (χ1n) is 7.76. The highest BCUT2D eigenvalue weighted by molar-refractivity contribution is 7.15. The number of nitrogens with one attached hydrogen (secondary N) is 2. The lowest BCUT2D eigenvalue weighted by molar-refractivity contribution is -0.140. The summed E-state index contributed by atoms with van der Waals surface area (Å²) in [5.41, 5.74) is -0.277. The largest absolute Gasteiger partial charge is 0.368 e. The van der Waals surface area contributed by atoms with Crippen molar-refractivity contribution >= 4 is 22.4 Å². The van der Waals surface area contributed by atoms with Gasteiger partial charge in [0.2, 0.25) is 5.13 Å². The number of hydrogen-bond donors (Lipinski definition) is 2. The van der Waals surface area contributed by atoms with Gasteiger partial charge in [0.05, 0.1) is 0 Å². The van der Waals surface area contributed by atoms with E-state index in [4.69, 9.17) is 4.74 Å². The summed E-state index contributed by atoms with van der Waals surface area (Å²) >= 11 is 1.25. The summed E-state index contributed by atoms with van der Waals surface area (Å²) in [5, 5.41) is 15.1. The van der Waals surface area contributed by atoms with Crippen LogP contribution in [0.25, 0.3) is 0 Å². The number of carbonyl (C=O) groups excluding carboxylic acids is 1. The third kappa shape index (κ3) is 3.61. The zero-order valence-electron chi connectivity index (χ0n) is 13.3. The molecule has 128 valence electrons. The first kappa shape index (κ1) is 16.9. The summed E-state index contributed by atoms with van der Waals surface area (Å²) < 4.78 is 19.2. The number of ether oxygens (including phenoxy) is 1. The molecule has 1 aromatic heterocycles. The van der Waals surface area contributed by atoms with Crippen molar-refractivity contribution in [2.75, 3.05) is 25.5 Å². The number of amides is 1.